The molecule has 0 radical (unpaired) electrons. The zero-order chi connectivity index (χ0) is 52.8. The summed E-state index contributed by atoms with van der Waals surface area (Å²) in [5.74, 6) is -4.61. The van der Waals surface area contributed by atoms with Crippen molar-refractivity contribution in [2.45, 2.75) is 145 Å². The van der Waals surface area contributed by atoms with Gasteiger partial charge in [-0.3, -0.25) is 28.8 Å². The van der Waals surface area contributed by atoms with Crippen LogP contribution in [0.25, 0.3) is 0 Å². The van der Waals surface area contributed by atoms with Gasteiger partial charge in [0.1, 0.15) is 5.69 Å². The summed E-state index contributed by atoms with van der Waals surface area (Å²) in [5.41, 5.74) is 3.84. The monoisotopic (exact) mass is 1040 g/mol. The van der Waals surface area contributed by atoms with E-state index in [9.17, 15) is 28.8 Å². The average molecular weight is 1040 g/mol. The Kier molecular flexibility index (Phi) is 17.7. The molecule has 14 nitrogen and oxygen atoms in total. The lowest BCUT2D eigenvalue weighted by molar-refractivity contribution is -0.151. The molecule has 1 spiro atoms. The van der Waals surface area contributed by atoms with Crippen molar-refractivity contribution < 1.29 is 56.5 Å². The Labute approximate surface area is 435 Å². The molecule has 0 bridgehead atoms. The fourth-order valence-corrected chi connectivity index (χ4v) is 16.6. The van der Waals surface area contributed by atoms with Crippen molar-refractivity contribution >= 4 is 54.8 Å². The molecule has 3 aromatic carbocycles. The Morgan fingerprint density at radius 1 is 0.581 bits per heavy atom. The number of Topliss-reactive ketones (excluding diaryl/α,β-unsaturated/α-hetero) is 2. The standard InChI is InChI=1S/C57H74F2N4O10Si/c1-36(70-3)43(34-53(66)72-5)56(68)61-22-7-10-49(61)51(64)30-38-12-16-40(17-13-38)47-20-21-48(63(47)42-32-45(58)55(46(59)33-42)60-24-28-74(29-25-60)26-9-27-74)41-18-14-39(15-19-41)31-52(65)50-11-8-23-62(50)57(69)44(37(2)71-4)35-54(67)73-6/h12-19,32-33,36-37,43-44,47-50H,7-11,20-31,34-35H2,1-6H3/t36-,37-,43+,44+,47-,48-,49+,50+/m1/s1. The summed E-state index contributed by atoms with van der Waals surface area (Å²) >= 11 is 0. The van der Waals surface area contributed by atoms with Crippen LogP contribution < -0.4 is 9.80 Å². The maximum atomic E-state index is 16.5. The first-order valence-electron chi connectivity index (χ1n) is 26.6. The van der Waals surface area contributed by atoms with Crippen molar-refractivity contribution in [1.82, 2.24) is 9.80 Å². The summed E-state index contributed by atoms with van der Waals surface area (Å²) < 4.78 is 53.7. The number of rotatable bonds is 20. The summed E-state index contributed by atoms with van der Waals surface area (Å²) in [4.78, 5) is 87.2. The van der Waals surface area contributed by atoms with Gasteiger partial charge in [-0.05, 0) is 98.8 Å². The molecule has 0 aliphatic carbocycles. The van der Waals surface area contributed by atoms with Gasteiger partial charge in [0.15, 0.2) is 23.2 Å². The highest BCUT2D eigenvalue weighted by Gasteiger charge is 2.44. The third kappa shape index (κ3) is 11.8. The number of hydrogen-bond donors (Lipinski definition) is 0. The second-order valence-electron chi connectivity index (χ2n) is 21.4. The molecule has 2 amide bonds. The molecule has 5 heterocycles. The maximum Gasteiger partial charge on any atom is 0.306 e. The van der Waals surface area contributed by atoms with E-state index in [4.69, 9.17) is 18.9 Å². The molecule has 17 heteroatoms. The van der Waals surface area contributed by atoms with Gasteiger partial charge in [-0.15, -0.1) is 0 Å². The van der Waals surface area contributed by atoms with Crippen LogP contribution in [0.2, 0.25) is 24.2 Å². The van der Waals surface area contributed by atoms with Crippen LogP contribution in [0.15, 0.2) is 60.7 Å². The molecular formula is C57H74F2N4O10Si. The fourth-order valence-electron chi connectivity index (χ4n) is 12.5. The molecule has 8 atom stereocenters. The highest BCUT2D eigenvalue weighted by atomic mass is 28.3. The number of carbonyl (C=O) groups excluding carboxylic acids is 6. The highest BCUT2D eigenvalue weighted by molar-refractivity contribution is 6.82. The van der Waals surface area contributed by atoms with E-state index in [-0.39, 0.29) is 66.8 Å². The van der Waals surface area contributed by atoms with Crippen molar-refractivity contribution in [3.05, 3.63) is 94.6 Å². The van der Waals surface area contributed by atoms with Gasteiger partial charge in [0.05, 0.1) is 83.3 Å². The first kappa shape index (κ1) is 54.7. The van der Waals surface area contributed by atoms with Crippen LogP contribution in [0.4, 0.5) is 20.2 Å². The summed E-state index contributed by atoms with van der Waals surface area (Å²) in [6.45, 7) is 5.61. The van der Waals surface area contributed by atoms with Crippen molar-refractivity contribution in [2.75, 3.05) is 64.4 Å². The molecule has 5 saturated heterocycles. The third-order valence-corrected chi connectivity index (χ3v) is 22.7. The smallest absolute Gasteiger partial charge is 0.306 e. The number of esters is 2. The Hall–Kier alpha value is -5.52. The number of ether oxygens (including phenoxy) is 4. The second kappa shape index (κ2) is 24.0. The maximum absolute atomic E-state index is 16.5. The predicted molar refractivity (Wildman–Crippen MR) is 278 cm³/mol. The number of amides is 2. The van der Waals surface area contributed by atoms with Crippen LogP contribution in [-0.4, -0.2) is 132 Å². The lowest BCUT2D eigenvalue weighted by Gasteiger charge is -2.47. The molecular weight excluding hydrogens is 967 g/mol. The number of anilines is 2. The number of methoxy groups -OCH3 is 4. The Morgan fingerprint density at radius 2 is 1.00 bits per heavy atom. The summed E-state index contributed by atoms with van der Waals surface area (Å²) in [6.07, 6.45) is 3.74. The molecule has 8 rings (SSSR count). The molecule has 400 valence electrons. The molecule has 0 saturated carbocycles. The number of likely N-dealkylation sites (tertiary alicyclic amines) is 2. The molecule has 5 aliphatic rings. The minimum absolute atomic E-state index is 0.0386. The van der Waals surface area contributed by atoms with Crippen molar-refractivity contribution in [2.24, 2.45) is 11.8 Å². The van der Waals surface area contributed by atoms with Crippen LogP contribution in [0.5, 0.6) is 0 Å². The van der Waals surface area contributed by atoms with E-state index in [2.05, 4.69) is 4.90 Å². The minimum atomic E-state index is -1.25. The largest absolute Gasteiger partial charge is 0.469 e. The van der Waals surface area contributed by atoms with Crippen molar-refractivity contribution in [1.29, 1.82) is 0 Å². The van der Waals surface area contributed by atoms with E-state index in [1.165, 1.54) is 59.1 Å². The highest BCUT2D eigenvalue weighted by Crippen LogP contribution is 2.49. The number of nitrogens with zero attached hydrogens (tertiary/aromatic N) is 4. The van der Waals surface area contributed by atoms with Gasteiger partial charge < -0.3 is 38.5 Å². The van der Waals surface area contributed by atoms with Gasteiger partial charge in [-0.1, -0.05) is 67.0 Å². The first-order chi connectivity index (χ1) is 35.6. The quantitative estimate of drug-likeness (QED) is 0.0790. The number of halogens is 2. The molecule has 3 aromatic rings. The first-order valence-corrected chi connectivity index (χ1v) is 29.5. The third-order valence-electron chi connectivity index (χ3n) is 17.3. The van der Waals surface area contributed by atoms with Crippen LogP contribution in [-0.2, 0) is 60.6 Å². The minimum Gasteiger partial charge on any atom is -0.469 e. The number of hydrogen-bond acceptors (Lipinski definition) is 12. The fraction of sp³-hybridized carbons (Fsp3) is 0.579. The Balaban J connectivity index is 1.01. The summed E-state index contributed by atoms with van der Waals surface area (Å²) in [5, 5.41) is 0. The van der Waals surface area contributed by atoms with Crippen LogP contribution in [0, 0.1) is 23.5 Å². The van der Waals surface area contributed by atoms with E-state index in [0.717, 1.165) is 34.3 Å². The average Bonchev–Trinajstić information content (AvgIpc) is 4.20. The second-order valence-corrected chi connectivity index (χ2v) is 26.4. The van der Waals surface area contributed by atoms with Gasteiger partial charge in [0.25, 0.3) is 0 Å². The van der Waals surface area contributed by atoms with Gasteiger partial charge in [-0.25, -0.2) is 8.78 Å². The van der Waals surface area contributed by atoms with Crippen LogP contribution in [0.1, 0.15) is 106 Å². The Bertz CT molecular complexity index is 2370. The molecule has 5 aliphatic heterocycles. The predicted octanol–water partition coefficient (Wildman–Crippen LogP) is 8.35. The molecule has 0 N–H and O–H groups in total. The number of carbonyl (C=O) groups is 6. The molecule has 0 aromatic heterocycles. The summed E-state index contributed by atoms with van der Waals surface area (Å²) in [7, 11) is 4.26. The van der Waals surface area contributed by atoms with E-state index in [1.807, 2.05) is 53.4 Å². The van der Waals surface area contributed by atoms with E-state index in [1.54, 1.807) is 23.6 Å². The van der Waals surface area contributed by atoms with E-state index in [0.29, 0.717) is 70.4 Å². The topological polar surface area (TPSA) is 152 Å². The zero-order valence-electron chi connectivity index (χ0n) is 44.0. The van der Waals surface area contributed by atoms with Gasteiger partial charge in [0.2, 0.25) is 11.8 Å². The zero-order valence-corrected chi connectivity index (χ0v) is 45.0. The van der Waals surface area contributed by atoms with Gasteiger partial charge >= 0.3 is 11.9 Å². The normalized spacial score (nSPS) is 23.0. The van der Waals surface area contributed by atoms with Crippen molar-refractivity contribution in [3.63, 3.8) is 0 Å². The number of ketones is 2. The summed E-state index contributed by atoms with van der Waals surface area (Å²) in [6, 6.07) is 21.4. The van der Waals surface area contributed by atoms with E-state index < -0.39 is 67.8 Å². The lowest BCUT2D eigenvalue weighted by Crippen LogP contribution is -2.51. The van der Waals surface area contributed by atoms with Gasteiger partial charge in [0, 0.05) is 58.9 Å². The molecule has 5 fully saturated rings. The van der Waals surface area contributed by atoms with Crippen LogP contribution >= 0.6 is 0 Å². The lowest BCUT2D eigenvalue weighted by atomic mass is 9.95. The van der Waals surface area contributed by atoms with Crippen molar-refractivity contribution in [3.8, 4) is 0 Å². The van der Waals surface area contributed by atoms with E-state index >= 15 is 8.78 Å². The number of benzene rings is 3. The Morgan fingerprint density at radius 3 is 1.36 bits per heavy atom. The molecule has 0 unspecified atom stereocenters. The molecule has 74 heavy (non-hydrogen) atoms. The van der Waals surface area contributed by atoms with Crippen LogP contribution in [0.3, 0.4) is 0 Å². The SMILES string of the molecule is COC(=O)C[C@H](C(=O)N1CCC[C@H]1C(=O)Cc1ccc([C@H]2CC[C@H](c3ccc(CC(=O)[C@@H]4CCCN4C(=O)[C@@H](CC(=O)OC)[C@@H](C)OC)cc3)N2c2cc(F)c(N3CC[Si]4(CCC4)CC3)c(F)c2)cc1)[C@@H](C)OC. The van der Waals surface area contributed by atoms with Gasteiger partial charge in [-0.2, -0.15) is 0 Å².